The van der Waals surface area contributed by atoms with E-state index in [4.69, 9.17) is 14.6 Å². The van der Waals surface area contributed by atoms with Crippen LogP contribution in [0.1, 0.15) is 31.2 Å². The van der Waals surface area contributed by atoms with Crippen LogP contribution in [0.2, 0.25) is 0 Å². The number of aliphatic carboxylic acids is 1. The molecule has 24 heavy (non-hydrogen) atoms. The van der Waals surface area contributed by atoms with Gasteiger partial charge < -0.3 is 19.9 Å². The van der Waals surface area contributed by atoms with Crippen molar-refractivity contribution in [3.05, 3.63) is 23.8 Å². The van der Waals surface area contributed by atoms with Crippen LogP contribution in [0.25, 0.3) is 0 Å². The number of carboxylic acid groups (broad SMARTS) is 1. The van der Waals surface area contributed by atoms with Gasteiger partial charge in [0.2, 0.25) is 5.91 Å². The average molecular weight is 333 g/mol. The van der Waals surface area contributed by atoms with Gasteiger partial charge in [-0.05, 0) is 50.3 Å². The van der Waals surface area contributed by atoms with Crippen LogP contribution in [0.4, 0.5) is 5.69 Å². The molecule has 2 fully saturated rings. The third kappa shape index (κ3) is 3.70. The number of carbonyl (C=O) groups excluding carboxylic acids is 1. The van der Waals surface area contributed by atoms with E-state index >= 15 is 0 Å². The lowest BCUT2D eigenvalue weighted by molar-refractivity contribution is -0.151. The highest BCUT2D eigenvalue weighted by atomic mass is 16.5. The number of amides is 1. The number of carbonyl (C=O) groups is 2. The Hall–Kier alpha value is -2.08. The Labute approximate surface area is 141 Å². The highest BCUT2D eigenvalue weighted by Gasteiger charge is 2.41. The maximum absolute atomic E-state index is 12.4. The van der Waals surface area contributed by atoms with E-state index < -0.39 is 17.8 Å². The van der Waals surface area contributed by atoms with Crippen molar-refractivity contribution in [2.45, 2.75) is 38.7 Å². The quantitative estimate of drug-likeness (QED) is 0.836. The summed E-state index contributed by atoms with van der Waals surface area (Å²) in [7, 11) is 0. The van der Waals surface area contributed by atoms with Gasteiger partial charge >= 0.3 is 5.97 Å². The Kier molecular flexibility index (Phi) is 5.04. The highest BCUT2D eigenvalue weighted by molar-refractivity contribution is 5.97. The molecule has 0 spiro atoms. The van der Waals surface area contributed by atoms with Gasteiger partial charge in [0.1, 0.15) is 12.4 Å². The third-order valence-electron chi connectivity index (χ3n) is 4.77. The number of hydrogen-bond donors (Lipinski definition) is 2. The molecule has 2 aliphatic rings. The van der Waals surface area contributed by atoms with E-state index in [1.54, 1.807) is 6.07 Å². The topological polar surface area (TPSA) is 84.9 Å². The number of ether oxygens (including phenoxy) is 2. The van der Waals surface area contributed by atoms with Crippen LogP contribution in [0.3, 0.4) is 0 Å². The summed E-state index contributed by atoms with van der Waals surface area (Å²) in [6, 6.07) is 5.57. The molecule has 3 unspecified atom stereocenters. The molecule has 1 saturated heterocycles. The van der Waals surface area contributed by atoms with Gasteiger partial charge in [0, 0.05) is 6.61 Å². The predicted octanol–water partition coefficient (Wildman–Crippen LogP) is 2.60. The lowest BCUT2D eigenvalue weighted by atomic mass is 9.73. The number of carboxylic acids is 1. The van der Waals surface area contributed by atoms with Crippen molar-refractivity contribution in [1.29, 1.82) is 0 Å². The molecule has 0 aromatic heterocycles. The average Bonchev–Trinajstić information content (AvgIpc) is 2.99. The van der Waals surface area contributed by atoms with E-state index in [1.165, 1.54) is 0 Å². The molecular weight excluding hydrogens is 310 g/mol. The predicted molar refractivity (Wildman–Crippen MR) is 88.1 cm³/mol. The zero-order valence-electron chi connectivity index (χ0n) is 13.8. The minimum atomic E-state index is -0.903. The fraction of sp³-hybridized carbons (Fsp3) is 0.556. The summed E-state index contributed by atoms with van der Waals surface area (Å²) < 4.78 is 11.4. The van der Waals surface area contributed by atoms with E-state index in [1.807, 2.05) is 19.1 Å². The van der Waals surface area contributed by atoms with Crippen LogP contribution in [-0.2, 0) is 14.3 Å². The maximum Gasteiger partial charge on any atom is 0.307 e. The van der Waals surface area contributed by atoms with Crippen LogP contribution in [-0.4, -0.2) is 36.3 Å². The first-order valence-corrected chi connectivity index (χ1v) is 8.43. The van der Waals surface area contributed by atoms with Gasteiger partial charge in [-0.25, -0.2) is 0 Å². The van der Waals surface area contributed by atoms with Crippen molar-refractivity contribution in [2.24, 2.45) is 11.8 Å². The Bertz CT molecular complexity index is 624. The lowest BCUT2D eigenvalue weighted by Gasteiger charge is -2.32. The summed E-state index contributed by atoms with van der Waals surface area (Å²) in [6.45, 7) is 3.17. The van der Waals surface area contributed by atoms with Gasteiger partial charge in [-0.1, -0.05) is 6.07 Å². The van der Waals surface area contributed by atoms with Gasteiger partial charge in [0.15, 0.2) is 0 Å². The van der Waals surface area contributed by atoms with Crippen LogP contribution in [0, 0.1) is 18.8 Å². The van der Waals surface area contributed by atoms with Gasteiger partial charge in [-0.2, -0.15) is 0 Å². The molecule has 3 rings (SSSR count). The van der Waals surface area contributed by atoms with Crippen molar-refractivity contribution in [1.82, 2.24) is 0 Å². The number of rotatable bonds is 6. The van der Waals surface area contributed by atoms with E-state index in [-0.39, 0.29) is 12.0 Å². The monoisotopic (exact) mass is 333 g/mol. The first-order valence-electron chi connectivity index (χ1n) is 8.43. The van der Waals surface area contributed by atoms with E-state index in [9.17, 15) is 9.59 Å². The minimum absolute atomic E-state index is 0.0945. The number of nitrogens with one attached hydrogen (secondary N) is 1. The zero-order chi connectivity index (χ0) is 17.1. The van der Waals surface area contributed by atoms with E-state index in [2.05, 4.69) is 5.32 Å². The van der Waals surface area contributed by atoms with Crippen molar-refractivity contribution >= 4 is 17.6 Å². The molecule has 6 heteroatoms. The van der Waals surface area contributed by atoms with Crippen LogP contribution < -0.4 is 10.1 Å². The molecule has 1 heterocycles. The Morgan fingerprint density at radius 1 is 1.29 bits per heavy atom. The molecule has 1 aromatic rings. The van der Waals surface area contributed by atoms with Crippen molar-refractivity contribution in [2.75, 3.05) is 18.5 Å². The van der Waals surface area contributed by atoms with Gasteiger partial charge in [-0.3, -0.25) is 9.59 Å². The lowest BCUT2D eigenvalue weighted by Crippen LogP contribution is -2.41. The molecule has 0 radical (unpaired) electrons. The zero-order valence-corrected chi connectivity index (χ0v) is 13.8. The van der Waals surface area contributed by atoms with Crippen LogP contribution in [0.5, 0.6) is 5.75 Å². The Morgan fingerprint density at radius 2 is 2.08 bits per heavy atom. The summed E-state index contributed by atoms with van der Waals surface area (Å²) in [6.07, 6.45) is 3.29. The largest absolute Gasteiger partial charge is 0.489 e. The molecule has 1 aliphatic heterocycles. The molecule has 130 valence electrons. The van der Waals surface area contributed by atoms with Crippen LogP contribution >= 0.6 is 0 Å². The minimum Gasteiger partial charge on any atom is -0.489 e. The second-order valence-electron chi connectivity index (χ2n) is 6.56. The fourth-order valence-corrected chi connectivity index (χ4v) is 3.15. The molecule has 6 nitrogen and oxygen atoms in total. The molecule has 3 atom stereocenters. The second-order valence-corrected chi connectivity index (χ2v) is 6.56. The molecule has 2 N–H and O–H groups in total. The molecular formula is C18H23NO5. The van der Waals surface area contributed by atoms with Crippen LogP contribution in [0.15, 0.2) is 18.2 Å². The Morgan fingerprint density at radius 3 is 2.71 bits per heavy atom. The fourth-order valence-electron chi connectivity index (χ4n) is 3.15. The molecule has 1 amide bonds. The van der Waals surface area contributed by atoms with Gasteiger partial charge in [0.25, 0.3) is 0 Å². The van der Waals surface area contributed by atoms with Crippen molar-refractivity contribution < 1.29 is 24.2 Å². The van der Waals surface area contributed by atoms with E-state index in [0.717, 1.165) is 25.0 Å². The standard InChI is InChI=1S/C18H23NO5/c1-11-4-7-15(16(9-11)24-10-12-3-2-8-23-12)19-17(20)13-5-6-14(13)18(21)22/h4,7,9,12-14H,2-3,5-6,8,10H2,1H3,(H,19,20)(H,21,22). The summed E-state index contributed by atoms with van der Waals surface area (Å²) in [5.41, 5.74) is 1.61. The second kappa shape index (κ2) is 7.21. The smallest absolute Gasteiger partial charge is 0.307 e. The third-order valence-corrected chi connectivity index (χ3v) is 4.77. The highest BCUT2D eigenvalue weighted by Crippen LogP contribution is 2.36. The molecule has 1 aromatic carbocycles. The molecule has 1 aliphatic carbocycles. The number of hydrogen-bond acceptors (Lipinski definition) is 4. The Balaban J connectivity index is 1.65. The first-order chi connectivity index (χ1) is 11.5. The molecule has 0 bridgehead atoms. The van der Waals surface area contributed by atoms with Gasteiger partial charge in [-0.15, -0.1) is 0 Å². The summed E-state index contributed by atoms with van der Waals surface area (Å²) >= 11 is 0. The summed E-state index contributed by atoms with van der Waals surface area (Å²) in [4.78, 5) is 23.4. The van der Waals surface area contributed by atoms with Crippen molar-refractivity contribution in [3.8, 4) is 5.75 Å². The number of benzene rings is 1. The van der Waals surface area contributed by atoms with Gasteiger partial charge in [0.05, 0.1) is 23.6 Å². The van der Waals surface area contributed by atoms with E-state index in [0.29, 0.717) is 30.9 Å². The number of aryl methyl sites for hydroxylation is 1. The maximum atomic E-state index is 12.4. The first kappa shape index (κ1) is 16.8. The number of anilines is 1. The SMILES string of the molecule is Cc1ccc(NC(=O)C2CCC2C(=O)O)c(OCC2CCCO2)c1. The summed E-state index contributed by atoms with van der Waals surface area (Å²) in [5, 5.41) is 11.9. The summed E-state index contributed by atoms with van der Waals surface area (Å²) in [5.74, 6) is -1.59. The molecule has 1 saturated carbocycles. The normalized spacial score (nSPS) is 25.8. The van der Waals surface area contributed by atoms with Crippen molar-refractivity contribution in [3.63, 3.8) is 0 Å².